The Morgan fingerprint density at radius 3 is 2.83 bits per heavy atom. The van der Waals surface area contributed by atoms with Crippen molar-refractivity contribution in [1.29, 1.82) is 5.26 Å². The number of carbonyl (C=O) groups excluding carboxylic acids is 1. The first-order valence-electron chi connectivity index (χ1n) is 7.75. The summed E-state index contributed by atoms with van der Waals surface area (Å²) in [6, 6.07) is 4.77. The van der Waals surface area contributed by atoms with Crippen LogP contribution < -0.4 is 0 Å². The van der Waals surface area contributed by atoms with Crippen LogP contribution in [-0.4, -0.2) is 22.9 Å². The van der Waals surface area contributed by atoms with Crippen LogP contribution in [0.3, 0.4) is 0 Å². The minimum Gasteiger partial charge on any atom is -0.469 e. The minimum absolute atomic E-state index is 0.00331. The van der Waals surface area contributed by atoms with Crippen molar-refractivity contribution in [3.63, 3.8) is 0 Å². The number of halogens is 1. The number of nitriles is 1. The number of carbonyl (C=O) groups is 1. The summed E-state index contributed by atoms with van der Waals surface area (Å²) in [5.74, 6) is -0.119. The molecule has 0 amide bonds. The van der Waals surface area contributed by atoms with Gasteiger partial charge in [0.05, 0.1) is 35.6 Å². The Bertz CT molecular complexity index is 770. The molecule has 0 N–H and O–H groups in total. The number of rotatable bonds is 3. The van der Waals surface area contributed by atoms with Crippen molar-refractivity contribution >= 4 is 16.9 Å². The summed E-state index contributed by atoms with van der Waals surface area (Å²) in [6.45, 7) is 0.698. The van der Waals surface area contributed by atoms with E-state index in [2.05, 4.69) is 5.10 Å². The number of aromatic nitrogens is 2. The van der Waals surface area contributed by atoms with E-state index in [1.54, 1.807) is 16.9 Å². The van der Waals surface area contributed by atoms with Crippen LogP contribution in [-0.2, 0) is 16.1 Å². The topological polar surface area (TPSA) is 67.9 Å². The maximum absolute atomic E-state index is 13.9. The van der Waals surface area contributed by atoms with Gasteiger partial charge in [0, 0.05) is 12.7 Å². The minimum atomic E-state index is -0.417. The number of ether oxygens (including phenoxy) is 1. The van der Waals surface area contributed by atoms with Crippen molar-refractivity contribution in [1.82, 2.24) is 9.78 Å². The molecule has 1 fully saturated rings. The Balaban J connectivity index is 1.70. The summed E-state index contributed by atoms with van der Waals surface area (Å²) < 4.78 is 20.5. The predicted octanol–water partition coefficient (Wildman–Crippen LogP) is 3.03. The fourth-order valence-electron chi connectivity index (χ4n) is 3.30. The zero-order valence-corrected chi connectivity index (χ0v) is 13.0. The second-order valence-electron chi connectivity index (χ2n) is 6.09. The molecule has 0 radical (unpaired) electrons. The van der Waals surface area contributed by atoms with Crippen molar-refractivity contribution in [3.05, 3.63) is 29.7 Å². The summed E-state index contributed by atoms with van der Waals surface area (Å²) in [5.41, 5.74) is 0.781. The standard InChI is InChI=1S/C17H18FN3O2/c1-23-17(22)13-4-2-11(3-5-13)9-21-10-14-15(18)6-12(8-19)7-16(14)20-21/h6-7,10-11,13H,2-5,9H2,1H3. The Hall–Kier alpha value is -2.42. The molecule has 1 aromatic carbocycles. The molecule has 5 nitrogen and oxygen atoms in total. The van der Waals surface area contributed by atoms with Gasteiger partial charge in [-0.3, -0.25) is 9.48 Å². The molecule has 0 spiro atoms. The lowest BCUT2D eigenvalue weighted by Gasteiger charge is -2.26. The number of hydrogen-bond acceptors (Lipinski definition) is 4. The monoisotopic (exact) mass is 315 g/mol. The van der Waals surface area contributed by atoms with E-state index < -0.39 is 5.82 Å². The number of esters is 1. The third-order valence-corrected chi connectivity index (χ3v) is 4.58. The van der Waals surface area contributed by atoms with Gasteiger partial charge in [0.15, 0.2) is 0 Å². The molecule has 1 aliphatic carbocycles. The first-order valence-corrected chi connectivity index (χ1v) is 7.75. The Kier molecular flexibility index (Phi) is 4.28. The predicted molar refractivity (Wildman–Crippen MR) is 81.9 cm³/mol. The lowest BCUT2D eigenvalue weighted by atomic mass is 9.82. The molecule has 0 unspecified atom stereocenters. The van der Waals surface area contributed by atoms with Crippen LogP contribution in [0.15, 0.2) is 18.3 Å². The zero-order valence-electron chi connectivity index (χ0n) is 13.0. The Morgan fingerprint density at radius 1 is 1.43 bits per heavy atom. The molecule has 1 aromatic heterocycles. The first-order chi connectivity index (χ1) is 11.1. The highest BCUT2D eigenvalue weighted by molar-refractivity contribution is 5.80. The van der Waals surface area contributed by atoms with Crippen LogP contribution in [0, 0.1) is 29.0 Å². The van der Waals surface area contributed by atoms with Crippen molar-refractivity contribution in [2.24, 2.45) is 11.8 Å². The van der Waals surface area contributed by atoms with Crippen LogP contribution in [0.5, 0.6) is 0 Å². The molecule has 6 heteroatoms. The molecule has 2 aromatic rings. The molecule has 0 saturated heterocycles. The second-order valence-corrected chi connectivity index (χ2v) is 6.09. The molecule has 23 heavy (non-hydrogen) atoms. The lowest BCUT2D eigenvalue weighted by molar-refractivity contribution is -0.146. The van der Waals surface area contributed by atoms with E-state index in [9.17, 15) is 9.18 Å². The summed E-state index contributed by atoms with van der Waals surface area (Å²) in [7, 11) is 1.42. The van der Waals surface area contributed by atoms with E-state index in [0.717, 1.165) is 25.7 Å². The van der Waals surface area contributed by atoms with Gasteiger partial charge in [-0.05, 0) is 43.7 Å². The average Bonchev–Trinajstić information content (AvgIpc) is 2.97. The highest BCUT2D eigenvalue weighted by Crippen LogP contribution is 2.31. The van der Waals surface area contributed by atoms with E-state index in [-0.39, 0.29) is 17.5 Å². The van der Waals surface area contributed by atoms with Gasteiger partial charge in [-0.1, -0.05) is 0 Å². The number of hydrogen-bond donors (Lipinski definition) is 0. The number of nitrogens with zero attached hydrogens (tertiary/aromatic N) is 3. The fraction of sp³-hybridized carbons (Fsp3) is 0.471. The summed E-state index contributed by atoms with van der Waals surface area (Å²) in [6.07, 6.45) is 5.21. The SMILES string of the molecule is COC(=O)C1CCC(Cn2cc3c(F)cc(C#N)cc3n2)CC1. The van der Waals surface area contributed by atoms with Crippen LogP contribution in [0.1, 0.15) is 31.2 Å². The normalized spacial score (nSPS) is 21.1. The molecule has 120 valence electrons. The Morgan fingerprint density at radius 2 is 2.17 bits per heavy atom. The van der Waals surface area contributed by atoms with Crippen molar-refractivity contribution < 1.29 is 13.9 Å². The third-order valence-electron chi connectivity index (χ3n) is 4.58. The van der Waals surface area contributed by atoms with Gasteiger partial charge in [-0.2, -0.15) is 10.4 Å². The highest BCUT2D eigenvalue weighted by Gasteiger charge is 2.27. The molecule has 0 atom stereocenters. The smallest absolute Gasteiger partial charge is 0.308 e. The van der Waals surface area contributed by atoms with Gasteiger partial charge in [0.2, 0.25) is 0 Å². The van der Waals surface area contributed by atoms with Gasteiger partial charge in [0.1, 0.15) is 5.82 Å². The van der Waals surface area contributed by atoms with Crippen molar-refractivity contribution in [3.8, 4) is 6.07 Å². The first kappa shape index (κ1) is 15.5. The number of methoxy groups -OCH3 is 1. The highest BCUT2D eigenvalue weighted by atomic mass is 19.1. The number of fused-ring (bicyclic) bond motifs is 1. The zero-order chi connectivity index (χ0) is 16.4. The van der Waals surface area contributed by atoms with Gasteiger partial charge in [-0.15, -0.1) is 0 Å². The molecule has 3 rings (SSSR count). The molecule has 1 saturated carbocycles. The molecule has 0 bridgehead atoms. The van der Waals surface area contributed by atoms with Crippen LogP contribution in [0.2, 0.25) is 0 Å². The summed E-state index contributed by atoms with van der Waals surface area (Å²) >= 11 is 0. The second kappa shape index (κ2) is 6.37. The van der Waals surface area contributed by atoms with Gasteiger partial charge >= 0.3 is 5.97 Å². The summed E-state index contributed by atoms with van der Waals surface area (Å²) in [4.78, 5) is 11.5. The average molecular weight is 315 g/mol. The van der Waals surface area contributed by atoms with Gasteiger partial charge in [-0.25, -0.2) is 4.39 Å². The summed E-state index contributed by atoms with van der Waals surface area (Å²) in [5, 5.41) is 13.7. The molecule has 1 heterocycles. The van der Waals surface area contributed by atoms with E-state index >= 15 is 0 Å². The van der Waals surface area contributed by atoms with E-state index in [1.807, 2.05) is 6.07 Å². The maximum Gasteiger partial charge on any atom is 0.308 e. The van der Waals surface area contributed by atoms with E-state index in [4.69, 9.17) is 10.00 Å². The Labute approximate surface area is 133 Å². The lowest BCUT2D eigenvalue weighted by Crippen LogP contribution is -2.25. The molecular formula is C17H18FN3O2. The fourth-order valence-corrected chi connectivity index (χ4v) is 3.30. The van der Waals surface area contributed by atoms with Crippen LogP contribution in [0.25, 0.3) is 10.9 Å². The third kappa shape index (κ3) is 3.19. The largest absolute Gasteiger partial charge is 0.469 e. The van der Waals surface area contributed by atoms with E-state index in [1.165, 1.54) is 13.2 Å². The van der Waals surface area contributed by atoms with Gasteiger partial charge < -0.3 is 4.74 Å². The number of benzene rings is 1. The molecule has 0 aliphatic heterocycles. The quantitative estimate of drug-likeness (QED) is 0.817. The van der Waals surface area contributed by atoms with E-state index in [0.29, 0.717) is 23.4 Å². The maximum atomic E-state index is 13.9. The van der Waals surface area contributed by atoms with Crippen LogP contribution >= 0.6 is 0 Å². The van der Waals surface area contributed by atoms with Gasteiger partial charge in [0.25, 0.3) is 0 Å². The molecule has 1 aliphatic rings. The van der Waals surface area contributed by atoms with Crippen molar-refractivity contribution in [2.45, 2.75) is 32.2 Å². The van der Waals surface area contributed by atoms with Crippen molar-refractivity contribution in [2.75, 3.05) is 7.11 Å². The molecular weight excluding hydrogens is 297 g/mol. The van der Waals surface area contributed by atoms with Crippen LogP contribution in [0.4, 0.5) is 4.39 Å².